The van der Waals surface area contributed by atoms with Crippen LogP contribution < -0.4 is 20.1 Å². The highest BCUT2D eigenvalue weighted by Crippen LogP contribution is 2.31. The Kier molecular flexibility index (Phi) is 11.0. The summed E-state index contributed by atoms with van der Waals surface area (Å²) < 4.78 is 34.2. The van der Waals surface area contributed by atoms with E-state index in [-0.39, 0.29) is 42.1 Å². The summed E-state index contributed by atoms with van der Waals surface area (Å²) in [4.78, 5) is 47.0. The molecule has 0 spiro atoms. The average molecular weight is 659 g/mol. The fourth-order valence-electron chi connectivity index (χ4n) is 4.29. The number of carboxylic acids is 1. The largest absolute Gasteiger partial charge is 0.481 e. The van der Waals surface area contributed by atoms with Gasteiger partial charge in [0.1, 0.15) is 17.2 Å². The van der Waals surface area contributed by atoms with E-state index < -0.39 is 43.3 Å². The molecule has 0 fully saturated rings. The molecule has 0 saturated heterocycles. The Morgan fingerprint density at radius 2 is 1.68 bits per heavy atom. The molecular weight excluding hydrogens is 628 g/mol. The highest BCUT2D eigenvalue weighted by molar-refractivity contribution is 7.90. The molecule has 2 amide bonds. The summed E-state index contributed by atoms with van der Waals surface area (Å²) in [6.45, 7) is 2.01. The van der Waals surface area contributed by atoms with Gasteiger partial charge in [0.2, 0.25) is 5.91 Å². The normalized spacial score (nSPS) is 11.1. The number of aryl methyl sites for hydroxylation is 1. The van der Waals surface area contributed by atoms with Crippen molar-refractivity contribution in [1.82, 2.24) is 4.72 Å². The Hall–Kier alpha value is -6.02. The number of sulfonamides is 1. The first-order valence-corrected chi connectivity index (χ1v) is 15.6. The Morgan fingerprint density at radius 3 is 2.38 bits per heavy atom. The van der Waals surface area contributed by atoms with E-state index in [4.69, 9.17) is 9.84 Å². The molecule has 0 aliphatic rings. The highest BCUT2D eigenvalue weighted by Gasteiger charge is 2.25. The molecule has 0 unspecified atom stereocenters. The van der Waals surface area contributed by atoms with Gasteiger partial charge in [-0.1, -0.05) is 42.5 Å². The van der Waals surface area contributed by atoms with E-state index in [1.807, 2.05) is 35.9 Å². The lowest BCUT2D eigenvalue weighted by molar-refractivity contribution is -0.384. The van der Waals surface area contributed by atoms with Crippen molar-refractivity contribution < 1.29 is 37.6 Å². The number of carboxylic acid groups (broad SMARTS) is 1. The number of anilines is 2. The van der Waals surface area contributed by atoms with Crippen molar-refractivity contribution in [3.05, 3.63) is 124 Å². The quantitative estimate of drug-likeness (QED) is 0.0561. The van der Waals surface area contributed by atoms with Crippen LogP contribution in [0.3, 0.4) is 0 Å². The molecule has 0 bridgehead atoms. The first-order chi connectivity index (χ1) is 22.4. The number of hydrogen-bond donors (Lipinski definition) is 4. The van der Waals surface area contributed by atoms with E-state index in [1.165, 1.54) is 24.3 Å². The number of amides is 2. The Morgan fingerprint density at radius 1 is 0.957 bits per heavy atom. The zero-order valence-electron chi connectivity index (χ0n) is 25.0. The summed E-state index contributed by atoms with van der Waals surface area (Å²) in [5, 5.41) is 25.9. The molecular formula is C33H30N4O9S. The third kappa shape index (κ3) is 9.48. The number of hydrogen-bond acceptors (Lipinski definition) is 9. The Labute approximate surface area is 270 Å². The maximum Gasteiger partial charge on any atom is 0.303 e. The van der Waals surface area contributed by atoms with Gasteiger partial charge in [-0.3, -0.25) is 24.5 Å². The number of nitro benzene ring substituents is 1. The van der Waals surface area contributed by atoms with Crippen LogP contribution in [0, 0.1) is 17.0 Å². The van der Waals surface area contributed by atoms with Gasteiger partial charge >= 0.3 is 5.97 Å². The molecule has 4 N–H and O–H groups in total. The van der Waals surface area contributed by atoms with Gasteiger partial charge in [0, 0.05) is 36.9 Å². The number of carbonyl (C=O) groups excluding carboxylic acids is 2. The number of nitrogens with one attached hydrogen (secondary N) is 3. The number of aliphatic carboxylic acids is 1. The first kappa shape index (κ1) is 33.9. The lowest BCUT2D eigenvalue weighted by Crippen LogP contribution is -2.31. The molecule has 4 rings (SSSR count). The summed E-state index contributed by atoms with van der Waals surface area (Å²) in [7, 11) is -4.62. The molecule has 0 heterocycles. The summed E-state index contributed by atoms with van der Waals surface area (Å²) in [5.41, 5.74) is 1.30. The minimum absolute atomic E-state index is 0.0180. The molecule has 4 aromatic carbocycles. The van der Waals surface area contributed by atoms with Gasteiger partial charge in [-0.15, -0.1) is 0 Å². The van der Waals surface area contributed by atoms with Crippen molar-refractivity contribution in [2.24, 2.45) is 0 Å². The van der Waals surface area contributed by atoms with Crippen molar-refractivity contribution >= 4 is 50.9 Å². The van der Waals surface area contributed by atoms with Gasteiger partial charge in [0.25, 0.3) is 21.6 Å². The molecule has 0 saturated carbocycles. The zero-order chi connectivity index (χ0) is 34.0. The first-order valence-electron chi connectivity index (χ1n) is 14.2. The smallest absolute Gasteiger partial charge is 0.303 e. The second-order valence-corrected chi connectivity index (χ2v) is 11.8. The predicted octanol–water partition coefficient (Wildman–Crippen LogP) is 5.74. The number of nitrogens with zero attached hydrogens (tertiary/aromatic N) is 1. The van der Waals surface area contributed by atoms with E-state index in [1.54, 1.807) is 36.4 Å². The molecule has 4 aromatic rings. The van der Waals surface area contributed by atoms with Crippen molar-refractivity contribution in [2.75, 3.05) is 17.2 Å². The molecule has 47 heavy (non-hydrogen) atoms. The SMILES string of the molecule is Cc1ccccc1C=CC(=O)Nc1ccc(C(=O)NS(=O)(=O)c2ccc(NCCCC(=O)O)c([N+](=O)[O-])c2)c(Oc2ccccc2)c1. The molecule has 0 aliphatic carbocycles. The molecule has 14 heteroatoms. The van der Waals surface area contributed by atoms with E-state index in [9.17, 15) is 32.9 Å². The molecule has 0 aliphatic heterocycles. The van der Waals surface area contributed by atoms with Gasteiger partial charge in [-0.25, -0.2) is 13.1 Å². The van der Waals surface area contributed by atoms with Gasteiger partial charge < -0.3 is 20.5 Å². The van der Waals surface area contributed by atoms with Gasteiger partial charge in [-0.05, 0) is 66.9 Å². The van der Waals surface area contributed by atoms with Crippen LogP contribution in [0.2, 0.25) is 0 Å². The van der Waals surface area contributed by atoms with Crippen LogP contribution in [0.4, 0.5) is 17.1 Å². The number of ether oxygens (including phenoxy) is 1. The standard InChI is InChI=1S/C33H30N4O9S/c1-22-8-5-6-9-23(22)13-18-31(38)35-24-14-16-27(30(20-24)46-25-10-3-2-4-11-25)33(41)36-47(44,45)26-15-17-28(29(21-26)37(42)43)34-19-7-12-32(39)40/h2-6,8-11,13-18,20-21,34H,7,12,19H2,1H3,(H,35,38)(H,36,41)(H,39,40). The Balaban J connectivity index is 1.56. The molecule has 13 nitrogen and oxygen atoms in total. The van der Waals surface area contributed by atoms with E-state index >= 15 is 0 Å². The second kappa shape index (κ2) is 15.3. The number of carbonyl (C=O) groups is 3. The lowest BCUT2D eigenvalue weighted by atomic mass is 10.1. The van der Waals surface area contributed by atoms with Crippen LogP contribution in [0.1, 0.15) is 34.3 Å². The monoisotopic (exact) mass is 658 g/mol. The topological polar surface area (TPSA) is 194 Å². The van der Waals surface area contributed by atoms with Gasteiger partial charge in [0.15, 0.2) is 0 Å². The third-order valence-corrected chi connectivity index (χ3v) is 7.98. The van der Waals surface area contributed by atoms with Gasteiger partial charge in [0.05, 0.1) is 15.4 Å². The maximum atomic E-state index is 13.3. The van der Waals surface area contributed by atoms with E-state index in [0.29, 0.717) is 5.75 Å². The van der Waals surface area contributed by atoms with Crippen molar-refractivity contribution in [3.63, 3.8) is 0 Å². The van der Waals surface area contributed by atoms with Crippen LogP contribution in [-0.2, 0) is 19.6 Å². The predicted molar refractivity (Wildman–Crippen MR) is 175 cm³/mol. The van der Waals surface area contributed by atoms with E-state index in [0.717, 1.165) is 29.3 Å². The van der Waals surface area contributed by atoms with Crippen molar-refractivity contribution in [3.8, 4) is 11.5 Å². The fourth-order valence-corrected chi connectivity index (χ4v) is 5.27. The minimum Gasteiger partial charge on any atom is -0.481 e. The minimum atomic E-state index is -4.62. The van der Waals surface area contributed by atoms with E-state index in [2.05, 4.69) is 10.6 Å². The third-order valence-electron chi connectivity index (χ3n) is 6.65. The van der Waals surface area contributed by atoms with Crippen LogP contribution >= 0.6 is 0 Å². The number of nitro groups is 1. The number of rotatable bonds is 14. The number of benzene rings is 4. The molecule has 0 aromatic heterocycles. The van der Waals surface area contributed by atoms with Crippen LogP contribution in [-0.4, -0.2) is 42.8 Å². The molecule has 242 valence electrons. The zero-order valence-corrected chi connectivity index (χ0v) is 25.8. The summed E-state index contributed by atoms with van der Waals surface area (Å²) in [5.74, 6) is -2.32. The van der Waals surface area contributed by atoms with Crippen LogP contribution in [0.15, 0.2) is 102 Å². The fraction of sp³-hybridized carbons (Fsp3) is 0.121. The van der Waals surface area contributed by atoms with Crippen molar-refractivity contribution in [2.45, 2.75) is 24.7 Å². The maximum absolute atomic E-state index is 13.3. The van der Waals surface area contributed by atoms with Crippen LogP contribution in [0.5, 0.6) is 11.5 Å². The Bertz CT molecular complexity index is 1940. The number of para-hydroxylation sites is 1. The average Bonchev–Trinajstić information content (AvgIpc) is 3.03. The van der Waals surface area contributed by atoms with Crippen molar-refractivity contribution in [1.29, 1.82) is 0 Å². The summed E-state index contributed by atoms with van der Waals surface area (Å²) in [6.07, 6.45) is 3.03. The molecule has 0 atom stereocenters. The van der Waals surface area contributed by atoms with Crippen LogP contribution in [0.25, 0.3) is 6.08 Å². The summed E-state index contributed by atoms with van der Waals surface area (Å²) in [6, 6.07) is 22.9. The van der Waals surface area contributed by atoms with Gasteiger partial charge in [-0.2, -0.15) is 0 Å². The second-order valence-electron chi connectivity index (χ2n) is 10.1. The molecule has 0 radical (unpaired) electrons. The lowest BCUT2D eigenvalue weighted by Gasteiger charge is -2.14. The summed E-state index contributed by atoms with van der Waals surface area (Å²) >= 11 is 0. The highest BCUT2D eigenvalue weighted by atomic mass is 32.2.